The Bertz CT molecular complexity index is 112. The van der Waals surface area contributed by atoms with Crippen molar-refractivity contribution in [3.05, 3.63) is 6.42 Å². The Labute approximate surface area is 108 Å². The van der Waals surface area contributed by atoms with Crippen molar-refractivity contribution in [3.63, 3.8) is 0 Å². The summed E-state index contributed by atoms with van der Waals surface area (Å²) in [6, 6.07) is 0. The molecule has 0 heterocycles. The summed E-state index contributed by atoms with van der Waals surface area (Å²) < 4.78 is 10.8. The Kier molecular flexibility index (Phi) is 15.8. The first-order valence-electron chi connectivity index (χ1n) is 7.39. The van der Waals surface area contributed by atoms with Crippen molar-refractivity contribution in [2.24, 2.45) is 0 Å². The molecule has 0 aliphatic carbocycles. The van der Waals surface area contributed by atoms with Crippen molar-refractivity contribution in [2.45, 2.75) is 65.2 Å². The van der Waals surface area contributed by atoms with Crippen molar-refractivity contribution in [1.82, 2.24) is 0 Å². The van der Waals surface area contributed by atoms with E-state index >= 15 is 0 Å². The maximum absolute atomic E-state index is 5.57. The van der Waals surface area contributed by atoms with Gasteiger partial charge in [0.2, 0.25) is 0 Å². The predicted molar refractivity (Wildman–Crippen MR) is 74.2 cm³/mol. The van der Waals surface area contributed by atoms with Crippen LogP contribution in [0, 0.1) is 6.42 Å². The van der Waals surface area contributed by atoms with Crippen LogP contribution in [0.2, 0.25) is 0 Å². The fourth-order valence-corrected chi connectivity index (χ4v) is 1.64. The molecule has 103 valence electrons. The standard InChI is InChI=1S/C15H31O2/c1-3-5-6-7-8-9-10-14-17-15-12-11-13-16-4-2/h7H,3-6,8-15H2,1-2H3. The predicted octanol–water partition coefficient (Wildman–Crippen LogP) is 4.38. The van der Waals surface area contributed by atoms with Crippen LogP contribution in [0.1, 0.15) is 65.2 Å². The molecule has 0 aromatic rings. The molecule has 2 heteroatoms. The van der Waals surface area contributed by atoms with E-state index in [0.29, 0.717) is 0 Å². The molecule has 1 radical (unpaired) electrons. The zero-order chi connectivity index (χ0) is 12.6. The summed E-state index contributed by atoms with van der Waals surface area (Å²) in [7, 11) is 0. The van der Waals surface area contributed by atoms with Gasteiger partial charge in [-0.1, -0.05) is 39.0 Å². The molecule has 0 spiro atoms. The van der Waals surface area contributed by atoms with Crippen molar-refractivity contribution < 1.29 is 9.47 Å². The summed E-state index contributed by atoms with van der Waals surface area (Å²) in [5.74, 6) is 0. The van der Waals surface area contributed by atoms with Crippen LogP contribution in [0.5, 0.6) is 0 Å². The Morgan fingerprint density at radius 3 is 1.94 bits per heavy atom. The summed E-state index contributed by atoms with van der Waals surface area (Å²) in [4.78, 5) is 0. The molecule has 0 rings (SSSR count). The summed E-state index contributed by atoms with van der Waals surface area (Å²) in [6.07, 6.45) is 12.4. The van der Waals surface area contributed by atoms with E-state index in [1.807, 2.05) is 6.92 Å². The third-order valence-corrected chi connectivity index (χ3v) is 2.74. The Morgan fingerprint density at radius 1 is 0.706 bits per heavy atom. The summed E-state index contributed by atoms with van der Waals surface area (Å²) in [5.41, 5.74) is 0. The zero-order valence-corrected chi connectivity index (χ0v) is 11.9. The molecule has 0 aliphatic rings. The SMILES string of the molecule is CCCC[CH]CCCCOCCCCOCC. The number of unbranched alkanes of at least 4 members (excludes halogenated alkanes) is 7. The quantitative estimate of drug-likeness (QED) is 0.421. The first-order valence-corrected chi connectivity index (χ1v) is 7.39. The maximum atomic E-state index is 5.57. The van der Waals surface area contributed by atoms with Crippen molar-refractivity contribution in [3.8, 4) is 0 Å². The minimum Gasteiger partial charge on any atom is -0.382 e. The number of hydrogen-bond acceptors (Lipinski definition) is 2. The van der Waals surface area contributed by atoms with Gasteiger partial charge in [0.1, 0.15) is 0 Å². The van der Waals surface area contributed by atoms with Crippen LogP contribution in [0.3, 0.4) is 0 Å². The van der Waals surface area contributed by atoms with E-state index in [-0.39, 0.29) is 0 Å². The molecule has 0 atom stereocenters. The van der Waals surface area contributed by atoms with Gasteiger partial charge in [0.15, 0.2) is 0 Å². The van der Waals surface area contributed by atoms with Crippen LogP contribution in [0.25, 0.3) is 0 Å². The van der Waals surface area contributed by atoms with Crippen LogP contribution in [-0.4, -0.2) is 26.4 Å². The van der Waals surface area contributed by atoms with Gasteiger partial charge >= 0.3 is 0 Å². The van der Waals surface area contributed by atoms with Gasteiger partial charge in [-0.3, -0.25) is 0 Å². The van der Waals surface area contributed by atoms with Crippen molar-refractivity contribution >= 4 is 0 Å². The van der Waals surface area contributed by atoms with E-state index in [4.69, 9.17) is 9.47 Å². The molecule has 0 aromatic heterocycles. The first-order chi connectivity index (χ1) is 8.41. The smallest absolute Gasteiger partial charge is 0.0466 e. The van der Waals surface area contributed by atoms with Crippen LogP contribution >= 0.6 is 0 Å². The van der Waals surface area contributed by atoms with Gasteiger partial charge in [0, 0.05) is 26.4 Å². The lowest BCUT2D eigenvalue weighted by Gasteiger charge is -2.04. The molecule has 0 saturated heterocycles. The summed E-state index contributed by atoms with van der Waals surface area (Å²) >= 11 is 0. The monoisotopic (exact) mass is 243 g/mol. The average molecular weight is 243 g/mol. The van der Waals surface area contributed by atoms with Gasteiger partial charge in [-0.05, 0) is 32.6 Å². The second kappa shape index (κ2) is 15.9. The highest BCUT2D eigenvalue weighted by molar-refractivity contribution is 4.63. The van der Waals surface area contributed by atoms with Gasteiger partial charge in [-0.25, -0.2) is 0 Å². The van der Waals surface area contributed by atoms with Gasteiger partial charge in [-0.2, -0.15) is 0 Å². The Balaban J connectivity index is 2.85. The highest BCUT2D eigenvalue weighted by atomic mass is 16.5. The van der Waals surface area contributed by atoms with Crippen LogP contribution < -0.4 is 0 Å². The fourth-order valence-electron chi connectivity index (χ4n) is 1.64. The highest BCUT2D eigenvalue weighted by Gasteiger charge is 1.93. The maximum Gasteiger partial charge on any atom is 0.0466 e. The topological polar surface area (TPSA) is 18.5 Å². The number of rotatable bonds is 14. The molecular weight excluding hydrogens is 212 g/mol. The van der Waals surface area contributed by atoms with Gasteiger partial charge in [-0.15, -0.1) is 0 Å². The van der Waals surface area contributed by atoms with E-state index in [9.17, 15) is 0 Å². The molecule has 0 bridgehead atoms. The second-order valence-electron chi connectivity index (χ2n) is 4.44. The lowest BCUT2D eigenvalue weighted by atomic mass is 10.1. The first kappa shape index (κ1) is 16.9. The van der Waals surface area contributed by atoms with Crippen LogP contribution in [0.4, 0.5) is 0 Å². The molecule has 0 saturated carbocycles. The molecule has 2 nitrogen and oxygen atoms in total. The van der Waals surface area contributed by atoms with Crippen LogP contribution in [0.15, 0.2) is 0 Å². The molecule has 0 amide bonds. The highest BCUT2D eigenvalue weighted by Crippen LogP contribution is 2.05. The van der Waals surface area contributed by atoms with Crippen LogP contribution in [-0.2, 0) is 9.47 Å². The summed E-state index contributed by atoms with van der Waals surface area (Å²) in [6.45, 7) is 7.81. The van der Waals surface area contributed by atoms with Crippen molar-refractivity contribution in [2.75, 3.05) is 26.4 Å². The molecule has 0 unspecified atom stereocenters. The molecule has 0 aliphatic heterocycles. The zero-order valence-electron chi connectivity index (χ0n) is 11.9. The molecule has 0 aromatic carbocycles. The molecular formula is C15H31O2. The largest absolute Gasteiger partial charge is 0.382 e. The molecule has 17 heavy (non-hydrogen) atoms. The third kappa shape index (κ3) is 15.9. The normalized spacial score (nSPS) is 10.9. The Morgan fingerprint density at radius 2 is 1.29 bits per heavy atom. The lowest BCUT2D eigenvalue weighted by molar-refractivity contribution is 0.106. The number of hydrogen-bond donors (Lipinski definition) is 0. The van der Waals surface area contributed by atoms with Gasteiger partial charge in [0.05, 0.1) is 0 Å². The summed E-state index contributed by atoms with van der Waals surface area (Å²) in [5, 5.41) is 0. The van der Waals surface area contributed by atoms with E-state index in [1.54, 1.807) is 0 Å². The third-order valence-electron chi connectivity index (χ3n) is 2.74. The van der Waals surface area contributed by atoms with E-state index in [1.165, 1.54) is 38.5 Å². The fraction of sp³-hybridized carbons (Fsp3) is 0.933. The van der Waals surface area contributed by atoms with E-state index in [2.05, 4.69) is 13.3 Å². The minimum atomic E-state index is 0.829. The average Bonchev–Trinajstić information content (AvgIpc) is 2.35. The van der Waals surface area contributed by atoms with Gasteiger partial charge in [0.25, 0.3) is 0 Å². The number of ether oxygens (including phenoxy) is 2. The van der Waals surface area contributed by atoms with E-state index in [0.717, 1.165) is 39.3 Å². The molecule has 0 N–H and O–H groups in total. The van der Waals surface area contributed by atoms with Gasteiger partial charge < -0.3 is 9.47 Å². The molecule has 0 fully saturated rings. The van der Waals surface area contributed by atoms with Crippen molar-refractivity contribution in [1.29, 1.82) is 0 Å². The Hall–Kier alpha value is -0.0800. The minimum absolute atomic E-state index is 0.829. The second-order valence-corrected chi connectivity index (χ2v) is 4.44. The van der Waals surface area contributed by atoms with E-state index < -0.39 is 0 Å². The lowest BCUT2D eigenvalue weighted by Crippen LogP contribution is -2.00.